The van der Waals surface area contributed by atoms with Crippen LogP contribution < -0.4 is 9.47 Å². The minimum atomic E-state index is -0.242. The van der Waals surface area contributed by atoms with Crippen molar-refractivity contribution < 1.29 is 23.8 Å². The Hall–Kier alpha value is -2.12. The number of hydrogen-bond acceptors (Lipinski definition) is 7. The van der Waals surface area contributed by atoms with E-state index in [0.717, 1.165) is 5.56 Å². The third-order valence-corrected chi connectivity index (χ3v) is 3.19. The molecule has 3 rings (SSSR count). The minimum Gasteiger partial charge on any atom is -0.474 e. The molecule has 1 saturated carbocycles. The average Bonchev–Trinajstić information content (AvgIpc) is 2.93. The third-order valence-electron chi connectivity index (χ3n) is 3.19. The second-order valence-corrected chi connectivity index (χ2v) is 4.83. The highest BCUT2D eigenvalue weighted by Crippen LogP contribution is 2.27. The summed E-state index contributed by atoms with van der Waals surface area (Å²) in [5.41, 5.74) is 0.774. The van der Waals surface area contributed by atoms with Gasteiger partial charge in [0.2, 0.25) is 5.88 Å². The Kier molecular flexibility index (Phi) is 4.03. The molecule has 0 aliphatic heterocycles. The molecular weight excluding hydrogens is 276 g/mol. The summed E-state index contributed by atoms with van der Waals surface area (Å²) < 4.78 is 20.7. The van der Waals surface area contributed by atoms with Crippen molar-refractivity contribution in [2.45, 2.75) is 25.0 Å². The summed E-state index contributed by atoms with van der Waals surface area (Å²) in [5.74, 6) is 1.45. The fraction of sp³-hybridized carbons (Fsp3) is 0.429. The molecule has 2 aromatic rings. The van der Waals surface area contributed by atoms with E-state index in [9.17, 15) is 5.11 Å². The van der Waals surface area contributed by atoms with Gasteiger partial charge in [0.15, 0.2) is 12.6 Å². The normalized spacial score (nSPS) is 20.9. The number of pyridine rings is 1. The van der Waals surface area contributed by atoms with Gasteiger partial charge >= 0.3 is 0 Å². The molecule has 2 aromatic heterocycles. The SMILES string of the molecule is COCOc1cc(-c2ccc(O[C@H]3C[C@@H](O)C3)nc2)on1. The van der Waals surface area contributed by atoms with Crippen LogP contribution in [0.15, 0.2) is 28.9 Å². The topological polar surface area (TPSA) is 86.8 Å². The van der Waals surface area contributed by atoms with Gasteiger partial charge in [-0.15, -0.1) is 0 Å². The molecular formula is C14H16N2O5. The molecule has 7 heteroatoms. The van der Waals surface area contributed by atoms with Gasteiger partial charge in [-0.2, -0.15) is 0 Å². The van der Waals surface area contributed by atoms with Crippen LogP contribution in [0, 0.1) is 0 Å². The van der Waals surface area contributed by atoms with Crippen molar-refractivity contribution in [3.05, 3.63) is 24.4 Å². The molecule has 1 aliphatic rings. The average molecular weight is 292 g/mol. The van der Waals surface area contributed by atoms with Crippen molar-refractivity contribution in [1.29, 1.82) is 0 Å². The summed E-state index contributed by atoms with van der Waals surface area (Å²) in [4.78, 5) is 4.22. The van der Waals surface area contributed by atoms with Crippen LogP contribution in [0.25, 0.3) is 11.3 Å². The molecule has 0 amide bonds. The van der Waals surface area contributed by atoms with E-state index in [2.05, 4.69) is 10.1 Å². The van der Waals surface area contributed by atoms with Crippen molar-refractivity contribution in [3.63, 3.8) is 0 Å². The van der Waals surface area contributed by atoms with Gasteiger partial charge in [-0.1, -0.05) is 0 Å². The van der Waals surface area contributed by atoms with Crippen LogP contribution in [-0.4, -0.2) is 41.4 Å². The van der Waals surface area contributed by atoms with E-state index < -0.39 is 0 Å². The van der Waals surface area contributed by atoms with Crippen molar-refractivity contribution in [2.75, 3.05) is 13.9 Å². The number of ether oxygens (including phenoxy) is 3. The molecule has 2 heterocycles. The Labute approximate surface area is 121 Å². The summed E-state index contributed by atoms with van der Waals surface area (Å²) in [6.45, 7) is 0.115. The summed E-state index contributed by atoms with van der Waals surface area (Å²) in [5, 5.41) is 13.0. The van der Waals surface area contributed by atoms with Gasteiger partial charge < -0.3 is 23.8 Å². The molecule has 0 atom stereocenters. The lowest BCUT2D eigenvalue weighted by atomic mass is 9.92. The maximum absolute atomic E-state index is 9.21. The predicted octanol–water partition coefficient (Wildman–Crippen LogP) is 1.62. The number of methoxy groups -OCH3 is 1. The van der Waals surface area contributed by atoms with Crippen LogP contribution in [-0.2, 0) is 4.74 Å². The smallest absolute Gasteiger partial charge is 0.256 e. The Morgan fingerprint density at radius 1 is 1.33 bits per heavy atom. The summed E-state index contributed by atoms with van der Waals surface area (Å²) >= 11 is 0. The lowest BCUT2D eigenvalue weighted by Gasteiger charge is -2.31. The zero-order chi connectivity index (χ0) is 14.7. The maximum Gasteiger partial charge on any atom is 0.256 e. The van der Waals surface area contributed by atoms with Gasteiger partial charge in [0.05, 0.1) is 6.10 Å². The molecule has 0 radical (unpaired) electrons. The van der Waals surface area contributed by atoms with Crippen molar-refractivity contribution in [2.24, 2.45) is 0 Å². The van der Waals surface area contributed by atoms with Crippen molar-refractivity contribution in [3.8, 4) is 23.1 Å². The fourth-order valence-corrected chi connectivity index (χ4v) is 1.98. The van der Waals surface area contributed by atoms with Crippen LogP contribution in [0.5, 0.6) is 11.8 Å². The van der Waals surface area contributed by atoms with Crippen LogP contribution in [0.4, 0.5) is 0 Å². The standard InChI is InChI=1S/C14H16N2O5/c1-18-8-19-14-6-12(21-16-14)9-2-3-13(15-7-9)20-11-4-10(17)5-11/h2-3,6-7,10-11,17H,4-5,8H2,1H3/t10-,11+. The molecule has 0 aromatic carbocycles. The lowest BCUT2D eigenvalue weighted by molar-refractivity contribution is -0.0128. The summed E-state index contributed by atoms with van der Waals surface area (Å²) in [6, 6.07) is 5.26. The second-order valence-electron chi connectivity index (χ2n) is 4.83. The lowest BCUT2D eigenvalue weighted by Crippen LogP contribution is -2.37. The van der Waals surface area contributed by atoms with E-state index in [1.165, 1.54) is 7.11 Å². The van der Waals surface area contributed by atoms with Crippen LogP contribution >= 0.6 is 0 Å². The molecule has 0 bridgehead atoms. The van der Waals surface area contributed by atoms with Gasteiger partial charge in [-0.05, 0) is 11.2 Å². The van der Waals surface area contributed by atoms with Crippen LogP contribution in [0.2, 0.25) is 0 Å². The number of aliphatic hydroxyl groups is 1. The highest BCUT2D eigenvalue weighted by atomic mass is 16.7. The molecule has 7 nitrogen and oxygen atoms in total. The number of rotatable bonds is 6. The van der Waals surface area contributed by atoms with E-state index in [0.29, 0.717) is 30.4 Å². The highest BCUT2D eigenvalue weighted by molar-refractivity contribution is 5.57. The van der Waals surface area contributed by atoms with Gasteiger partial charge in [0.25, 0.3) is 5.88 Å². The first-order valence-electron chi connectivity index (χ1n) is 6.64. The quantitative estimate of drug-likeness (QED) is 0.809. The number of aliphatic hydroxyl groups excluding tert-OH is 1. The third kappa shape index (κ3) is 3.32. The predicted molar refractivity (Wildman–Crippen MR) is 71.9 cm³/mol. The van der Waals surface area contributed by atoms with Crippen LogP contribution in [0.3, 0.4) is 0 Å². The Morgan fingerprint density at radius 2 is 2.19 bits per heavy atom. The molecule has 1 fully saturated rings. The van der Waals surface area contributed by atoms with Crippen molar-refractivity contribution in [1.82, 2.24) is 10.1 Å². The Bertz CT molecular complexity index is 577. The zero-order valence-electron chi connectivity index (χ0n) is 11.6. The van der Waals surface area contributed by atoms with E-state index in [4.69, 9.17) is 18.7 Å². The van der Waals surface area contributed by atoms with Gasteiger partial charge in [-0.3, -0.25) is 0 Å². The van der Waals surface area contributed by atoms with Crippen molar-refractivity contribution >= 4 is 0 Å². The first kappa shape index (κ1) is 13.8. The second kappa shape index (κ2) is 6.11. The Balaban J connectivity index is 1.62. The van der Waals surface area contributed by atoms with Gasteiger partial charge in [-0.25, -0.2) is 4.98 Å². The number of nitrogens with zero attached hydrogens (tertiary/aromatic N) is 2. The maximum atomic E-state index is 9.21. The number of aromatic nitrogens is 2. The van der Waals surface area contributed by atoms with Gasteiger partial charge in [0, 0.05) is 43.8 Å². The van der Waals surface area contributed by atoms with E-state index in [-0.39, 0.29) is 19.0 Å². The highest BCUT2D eigenvalue weighted by Gasteiger charge is 2.29. The minimum absolute atomic E-state index is 0.0534. The molecule has 1 N–H and O–H groups in total. The summed E-state index contributed by atoms with van der Waals surface area (Å²) in [7, 11) is 1.53. The molecule has 21 heavy (non-hydrogen) atoms. The van der Waals surface area contributed by atoms with E-state index >= 15 is 0 Å². The van der Waals surface area contributed by atoms with Gasteiger partial charge in [0.1, 0.15) is 6.10 Å². The van der Waals surface area contributed by atoms with E-state index in [1.807, 2.05) is 6.07 Å². The fourth-order valence-electron chi connectivity index (χ4n) is 1.98. The van der Waals surface area contributed by atoms with Crippen LogP contribution in [0.1, 0.15) is 12.8 Å². The monoisotopic (exact) mass is 292 g/mol. The zero-order valence-corrected chi connectivity index (χ0v) is 11.6. The number of hydrogen-bond donors (Lipinski definition) is 1. The molecule has 1 aliphatic carbocycles. The molecule has 0 spiro atoms. The first-order chi connectivity index (χ1) is 10.2. The largest absolute Gasteiger partial charge is 0.474 e. The molecule has 0 saturated heterocycles. The summed E-state index contributed by atoms with van der Waals surface area (Å²) in [6.07, 6.45) is 2.77. The molecule has 0 unspecified atom stereocenters. The Morgan fingerprint density at radius 3 is 2.86 bits per heavy atom. The van der Waals surface area contributed by atoms with E-state index in [1.54, 1.807) is 18.3 Å². The molecule has 112 valence electrons. The first-order valence-corrected chi connectivity index (χ1v) is 6.64.